The third-order valence-electron chi connectivity index (χ3n) is 3.02. The number of hydrogen-bond donors (Lipinski definition) is 1. The van der Waals surface area contributed by atoms with Crippen LogP contribution in [-0.4, -0.2) is 20.6 Å². The van der Waals surface area contributed by atoms with Gasteiger partial charge in [0.1, 0.15) is 11.9 Å². The number of fused-ring (bicyclic) bond motifs is 1. The van der Waals surface area contributed by atoms with Crippen molar-refractivity contribution in [1.29, 1.82) is 0 Å². The summed E-state index contributed by atoms with van der Waals surface area (Å²) >= 11 is 5.87. The predicted octanol–water partition coefficient (Wildman–Crippen LogP) is 2.39. The van der Waals surface area contributed by atoms with Gasteiger partial charge in [-0.3, -0.25) is 9.36 Å². The van der Waals surface area contributed by atoms with Gasteiger partial charge in [0, 0.05) is 5.02 Å². The molecule has 0 aliphatic rings. The summed E-state index contributed by atoms with van der Waals surface area (Å²) in [7, 11) is 0. The van der Waals surface area contributed by atoms with Gasteiger partial charge < -0.3 is 5.11 Å². The molecule has 1 unspecified atom stereocenters. The maximum Gasteiger partial charge on any atom is 0.326 e. The van der Waals surface area contributed by atoms with Crippen molar-refractivity contribution in [1.82, 2.24) is 9.55 Å². The summed E-state index contributed by atoms with van der Waals surface area (Å²) in [6.45, 7) is 3.34. The molecule has 0 saturated carbocycles. The second-order valence-electron chi connectivity index (χ2n) is 4.26. The van der Waals surface area contributed by atoms with E-state index in [2.05, 4.69) is 4.98 Å². The molecule has 2 aromatic rings. The lowest BCUT2D eigenvalue weighted by molar-refractivity contribution is -0.141. The maximum atomic E-state index is 12.4. The molecular weight excluding hydrogens is 268 g/mol. The van der Waals surface area contributed by atoms with E-state index in [1.165, 1.54) is 10.6 Å². The van der Waals surface area contributed by atoms with E-state index in [9.17, 15) is 14.7 Å². The summed E-state index contributed by atoms with van der Waals surface area (Å²) in [5, 5.41) is 9.94. The van der Waals surface area contributed by atoms with Crippen molar-refractivity contribution < 1.29 is 9.90 Å². The van der Waals surface area contributed by atoms with Crippen molar-refractivity contribution in [2.75, 3.05) is 0 Å². The van der Waals surface area contributed by atoms with Crippen LogP contribution in [0, 0.1) is 6.92 Å². The van der Waals surface area contributed by atoms with Gasteiger partial charge in [-0.15, -0.1) is 0 Å². The fourth-order valence-electron chi connectivity index (χ4n) is 2.12. The number of aliphatic carboxylic acids is 1. The van der Waals surface area contributed by atoms with Gasteiger partial charge in [0.25, 0.3) is 5.56 Å². The smallest absolute Gasteiger partial charge is 0.326 e. The zero-order valence-corrected chi connectivity index (χ0v) is 11.3. The minimum absolute atomic E-state index is 0.309. The van der Waals surface area contributed by atoms with E-state index in [1.807, 2.05) is 0 Å². The average molecular weight is 281 g/mol. The van der Waals surface area contributed by atoms with E-state index in [0.717, 1.165) is 0 Å². The van der Waals surface area contributed by atoms with Crippen LogP contribution in [0.5, 0.6) is 0 Å². The first kappa shape index (κ1) is 13.5. The van der Waals surface area contributed by atoms with Gasteiger partial charge in [-0.05, 0) is 31.5 Å². The van der Waals surface area contributed by atoms with E-state index in [4.69, 9.17) is 11.6 Å². The third kappa shape index (κ3) is 2.33. The summed E-state index contributed by atoms with van der Waals surface area (Å²) in [4.78, 5) is 27.9. The number of benzene rings is 1. The lowest BCUT2D eigenvalue weighted by atomic mass is 10.2. The van der Waals surface area contributed by atoms with Crippen LogP contribution in [0.4, 0.5) is 0 Å². The van der Waals surface area contributed by atoms with Crippen LogP contribution in [-0.2, 0) is 4.79 Å². The molecule has 1 aromatic heterocycles. The summed E-state index contributed by atoms with van der Waals surface area (Å²) in [6, 6.07) is 3.90. The molecule has 0 aliphatic heterocycles. The Hall–Kier alpha value is -1.88. The number of halogens is 1. The van der Waals surface area contributed by atoms with Crippen LogP contribution < -0.4 is 5.56 Å². The second kappa shape index (κ2) is 5.01. The van der Waals surface area contributed by atoms with Crippen LogP contribution in [0.2, 0.25) is 5.02 Å². The van der Waals surface area contributed by atoms with Crippen molar-refractivity contribution in [3.63, 3.8) is 0 Å². The SMILES string of the molecule is CCC(C(=O)O)n1c(C)nc2ccc(Cl)cc2c1=O. The lowest BCUT2D eigenvalue weighted by Gasteiger charge is -2.16. The largest absolute Gasteiger partial charge is 0.480 e. The van der Waals surface area contributed by atoms with Gasteiger partial charge in [0.2, 0.25) is 0 Å². The first-order chi connectivity index (χ1) is 8.95. The van der Waals surface area contributed by atoms with E-state index in [1.54, 1.807) is 26.0 Å². The highest BCUT2D eigenvalue weighted by Crippen LogP contribution is 2.18. The molecule has 1 aromatic carbocycles. The number of nitrogens with zero attached hydrogens (tertiary/aromatic N) is 2. The van der Waals surface area contributed by atoms with E-state index < -0.39 is 12.0 Å². The van der Waals surface area contributed by atoms with Crippen LogP contribution in [0.25, 0.3) is 10.9 Å². The Labute approximate surface area is 114 Å². The monoisotopic (exact) mass is 280 g/mol. The fraction of sp³-hybridized carbons (Fsp3) is 0.308. The molecule has 5 nitrogen and oxygen atoms in total. The zero-order chi connectivity index (χ0) is 14.2. The Morgan fingerprint density at radius 3 is 2.79 bits per heavy atom. The molecule has 0 aliphatic carbocycles. The van der Waals surface area contributed by atoms with E-state index in [-0.39, 0.29) is 5.56 Å². The highest BCUT2D eigenvalue weighted by molar-refractivity contribution is 6.31. The highest BCUT2D eigenvalue weighted by atomic mass is 35.5. The molecule has 1 N–H and O–H groups in total. The van der Waals surface area contributed by atoms with Crippen molar-refractivity contribution >= 4 is 28.5 Å². The number of carboxylic acids is 1. The third-order valence-corrected chi connectivity index (χ3v) is 3.26. The van der Waals surface area contributed by atoms with Crippen molar-refractivity contribution in [3.05, 3.63) is 39.4 Å². The zero-order valence-electron chi connectivity index (χ0n) is 10.6. The molecule has 0 amide bonds. The number of hydrogen-bond acceptors (Lipinski definition) is 3. The van der Waals surface area contributed by atoms with Gasteiger partial charge in [-0.1, -0.05) is 18.5 Å². The number of aromatic nitrogens is 2. The quantitative estimate of drug-likeness (QED) is 0.937. The molecule has 1 heterocycles. The Balaban J connectivity index is 2.81. The predicted molar refractivity (Wildman–Crippen MR) is 72.7 cm³/mol. The normalized spacial score (nSPS) is 12.6. The Morgan fingerprint density at radius 1 is 1.53 bits per heavy atom. The minimum atomic E-state index is -1.05. The first-order valence-electron chi connectivity index (χ1n) is 5.87. The average Bonchev–Trinajstić information content (AvgIpc) is 2.35. The van der Waals surface area contributed by atoms with Gasteiger partial charge in [0.05, 0.1) is 10.9 Å². The summed E-state index contributed by atoms with van der Waals surface area (Å²) in [5.74, 6) is -0.662. The molecule has 0 bridgehead atoms. The van der Waals surface area contributed by atoms with Gasteiger partial charge in [-0.2, -0.15) is 0 Å². The molecule has 19 heavy (non-hydrogen) atoms. The van der Waals surface area contributed by atoms with Crippen molar-refractivity contribution in [2.45, 2.75) is 26.3 Å². The summed E-state index contributed by atoms with van der Waals surface area (Å²) < 4.78 is 1.21. The molecule has 0 saturated heterocycles. The molecule has 6 heteroatoms. The summed E-state index contributed by atoms with van der Waals surface area (Å²) in [5.41, 5.74) is 0.141. The van der Waals surface area contributed by atoms with E-state index in [0.29, 0.717) is 28.2 Å². The minimum Gasteiger partial charge on any atom is -0.480 e. The number of rotatable bonds is 3. The fourth-order valence-corrected chi connectivity index (χ4v) is 2.29. The van der Waals surface area contributed by atoms with Crippen LogP contribution in [0.15, 0.2) is 23.0 Å². The Kier molecular flexibility index (Phi) is 3.57. The molecule has 0 fully saturated rings. The number of carbonyl (C=O) groups is 1. The number of carboxylic acid groups (broad SMARTS) is 1. The van der Waals surface area contributed by atoms with Crippen LogP contribution in [0.3, 0.4) is 0 Å². The standard InChI is InChI=1S/C13H13ClN2O3/c1-3-11(13(18)19)16-7(2)15-10-5-4-8(14)6-9(10)12(16)17/h4-6,11H,3H2,1-2H3,(H,18,19). The maximum absolute atomic E-state index is 12.4. The first-order valence-corrected chi connectivity index (χ1v) is 6.24. The lowest BCUT2D eigenvalue weighted by Crippen LogP contribution is -2.32. The molecule has 1 atom stereocenters. The molecule has 0 spiro atoms. The second-order valence-corrected chi connectivity index (χ2v) is 4.69. The topological polar surface area (TPSA) is 72.2 Å². The van der Waals surface area contributed by atoms with Crippen LogP contribution in [0.1, 0.15) is 25.2 Å². The van der Waals surface area contributed by atoms with Crippen molar-refractivity contribution in [3.8, 4) is 0 Å². The molecular formula is C13H13ClN2O3. The van der Waals surface area contributed by atoms with Crippen LogP contribution >= 0.6 is 11.6 Å². The highest BCUT2D eigenvalue weighted by Gasteiger charge is 2.22. The van der Waals surface area contributed by atoms with E-state index >= 15 is 0 Å². The number of aryl methyl sites for hydroxylation is 1. The Bertz CT molecular complexity index is 709. The van der Waals surface area contributed by atoms with Gasteiger partial charge in [-0.25, -0.2) is 9.78 Å². The van der Waals surface area contributed by atoms with Gasteiger partial charge >= 0.3 is 5.97 Å². The van der Waals surface area contributed by atoms with Crippen molar-refractivity contribution in [2.24, 2.45) is 0 Å². The summed E-state index contributed by atoms with van der Waals surface area (Å²) in [6.07, 6.45) is 0.309. The molecule has 100 valence electrons. The molecule has 2 rings (SSSR count). The molecule has 0 radical (unpaired) electrons. The van der Waals surface area contributed by atoms with Gasteiger partial charge in [0.15, 0.2) is 0 Å². The Morgan fingerprint density at radius 2 is 2.21 bits per heavy atom.